The molecule has 68 valence electrons. The largest absolute Gasteiger partial charge is 0.263 e. The van der Waals surface area contributed by atoms with Gasteiger partial charge in [-0.3, -0.25) is 4.99 Å². The van der Waals surface area contributed by atoms with Crippen molar-refractivity contribution in [1.82, 2.24) is 0 Å². The predicted octanol–water partition coefficient (Wildman–Crippen LogP) is 3.49. The number of hydrogen-bond donors (Lipinski definition) is 0. The molecule has 0 aromatic heterocycles. The summed E-state index contributed by atoms with van der Waals surface area (Å²) in [6.07, 6.45) is 3.38. The molecular formula is C10H16FN. The smallest absolute Gasteiger partial charge is 0.140 e. The predicted molar refractivity (Wildman–Crippen MR) is 52.0 cm³/mol. The van der Waals surface area contributed by atoms with Crippen LogP contribution >= 0.6 is 0 Å². The molecule has 0 amide bonds. The van der Waals surface area contributed by atoms with Gasteiger partial charge < -0.3 is 0 Å². The van der Waals surface area contributed by atoms with E-state index in [1.54, 1.807) is 0 Å². The SMILES string of the molecule is C=C/C(F)=C\N=C(C)C(C)CC. The zero-order chi connectivity index (χ0) is 9.56. The second kappa shape index (κ2) is 5.70. The van der Waals surface area contributed by atoms with E-state index in [-0.39, 0.29) is 0 Å². The Labute approximate surface area is 73.7 Å². The molecule has 0 aliphatic carbocycles. The molecule has 1 nitrogen and oxygen atoms in total. The van der Waals surface area contributed by atoms with Gasteiger partial charge in [0.2, 0.25) is 0 Å². The summed E-state index contributed by atoms with van der Waals surface area (Å²) in [5, 5.41) is 0. The Hall–Kier alpha value is -0.920. The molecule has 0 rings (SSSR count). The number of rotatable bonds is 4. The van der Waals surface area contributed by atoms with Gasteiger partial charge >= 0.3 is 0 Å². The van der Waals surface area contributed by atoms with Crippen molar-refractivity contribution in [2.75, 3.05) is 0 Å². The van der Waals surface area contributed by atoms with Crippen LogP contribution in [0.25, 0.3) is 0 Å². The molecule has 0 saturated carbocycles. The van der Waals surface area contributed by atoms with Gasteiger partial charge in [-0.05, 0) is 25.3 Å². The minimum absolute atomic E-state index is 0.391. The maximum atomic E-state index is 12.5. The summed E-state index contributed by atoms with van der Waals surface area (Å²) in [5.41, 5.74) is 0.953. The zero-order valence-corrected chi connectivity index (χ0v) is 7.97. The summed E-state index contributed by atoms with van der Waals surface area (Å²) < 4.78 is 12.5. The second-order valence-electron chi connectivity index (χ2n) is 2.80. The minimum Gasteiger partial charge on any atom is -0.263 e. The van der Waals surface area contributed by atoms with E-state index in [0.717, 1.165) is 18.2 Å². The highest BCUT2D eigenvalue weighted by molar-refractivity contribution is 5.84. The lowest BCUT2D eigenvalue weighted by Crippen LogP contribution is -2.04. The van der Waals surface area contributed by atoms with Crippen LogP contribution in [0, 0.1) is 5.92 Å². The van der Waals surface area contributed by atoms with Gasteiger partial charge in [0.25, 0.3) is 0 Å². The van der Waals surface area contributed by atoms with Crippen LogP contribution in [-0.4, -0.2) is 5.71 Å². The van der Waals surface area contributed by atoms with Crippen LogP contribution in [0.3, 0.4) is 0 Å². The Morgan fingerprint density at radius 2 is 2.25 bits per heavy atom. The van der Waals surface area contributed by atoms with Crippen LogP contribution in [0.5, 0.6) is 0 Å². The van der Waals surface area contributed by atoms with Crippen molar-refractivity contribution < 1.29 is 4.39 Å². The summed E-state index contributed by atoms with van der Waals surface area (Å²) in [6, 6.07) is 0. The van der Waals surface area contributed by atoms with Crippen molar-refractivity contribution in [3.63, 3.8) is 0 Å². The molecule has 12 heavy (non-hydrogen) atoms. The molecule has 0 radical (unpaired) electrons. The van der Waals surface area contributed by atoms with Crippen molar-refractivity contribution in [3.8, 4) is 0 Å². The molecule has 0 N–H and O–H groups in total. The first-order valence-corrected chi connectivity index (χ1v) is 4.14. The van der Waals surface area contributed by atoms with E-state index in [2.05, 4.69) is 25.4 Å². The quantitative estimate of drug-likeness (QED) is 0.451. The van der Waals surface area contributed by atoms with Crippen LogP contribution in [0.4, 0.5) is 4.39 Å². The summed E-state index contributed by atoms with van der Waals surface area (Å²) in [5.74, 6) is 0.0246. The van der Waals surface area contributed by atoms with E-state index in [4.69, 9.17) is 0 Å². The van der Waals surface area contributed by atoms with E-state index < -0.39 is 5.83 Å². The van der Waals surface area contributed by atoms with Gasteiger partial charge in [-0.1, -0.05) is 20.4 Å². The zero-order valence-electron chi connectivity index (χ0n) is 7.97. The molecule has 0 fully saturated rings. The van der Waals surface area contributed by atoms with Gasteiger partial charge in [0.1, 0.15) is 5.83 Å². The standard InChI is InChI=1S/C10H16FN/c1-5-8(3)9(4)12-7-10(11)6-2/h6-8H,2,5H2,1,3-4H3/b10-7+,12-9?. The Morgan fingerprint density at radius 1 is 1.67 bits per heavy atom. The molecule has 0 saturated heterocycles. The number of halogens is 1. The lowest BCUT2D eigenvalue weighted by atomic mass is 10.0. The molecule has 0 aliphatic rings. The Morgan fingerprint density at radius 3 is 2.67 bits per heavy atom. The van der Waals surface area contributed by atoms with E-state index in [1.165, 1.54) is 6.20 Å². The average Bonchev–Trinajstić information content (AvgIpc) is 2.11. The van der Waals surface area contributed by atoms with E-state index in [0.29, 0.717) is 5.92 Å². The monoisotopic (exact) mass is 169 g/mol. The number of nitrogens with zero attached hydrogens (tertiary/aromatic N) is 1. The fourth-order valence-corrected chi connectivity index (χ4v) is 0.639. The van der Waals surface area contributed by atoms with Crippen LogP contribution in [-0.2, 0) is 0 Å². The third kappa shape index (κ3) is 4.06. The third-order valence-electron chi connectivity index (χ3n) is 1.91. The minimum atomic E-state index is -0.391. The Bertz CT molecular complexity index is 204. The summed E-state index contributed by atoms with van der Waals surface area (Å²) >= 11 is 0. The first kappa shape index (κ1) is 11.1. The van der Waals surface area contributed by atoms with E-state index in [9.17, 15) is 4.39 Å². The number of hydrogen-bond acceptors (Lipinski definition) is 1. The maximum absolute atomic E-state index is 12.5. The maximum Gasteiger partial charge on any atom is 0.140 e. The van der Waals surface area contributed by atoms with Crippen molar-refractivity contribution >= 4 is 5.71 Å². The molecule has 1 unspecified atom stereocenters. The highest BCUT2D eigenvalue weighted by atomic mass is 19.1. The summed E-state index contributed by atoms with van der Waals surface area (Å²) in [6.45, 7) is 9.34. The number of allylic oxidation sites excluding steroid dienone is 2. The lowest BCUT2D eigenvalue weighted by molar-refractivity contribution is 0.663. The molecule has 2 heteroatoms. The first-order chi connectivity index (χ1) is 5.61. The average molecular weight is 169 g/mol. The van der Waals surface area contributed by atoms with Gasteiger partial charge in [0.15, 0.2) is 0 Å². The fourth-order valence-electron chi connectivity index (χ4n) is 0.639. The summed E-state index contributed by atoms with van der Waals surface area (Å²) in [4.78, 5) is 3.97. The number of aliphatic imine (C=N–C) groups is 1. The van der Waals surface area contributed by atoms with Crippen LogP contribution in [0.15, 0.2) is 29.7 Å². The van der Waals surface area contributed by atoms with Crippen molar-refractivity contribution in [2.24, 2.45) is 10.9 Å². The van der Waals surface area contributed by atoms with Gasteiger partial charge in [0, 0.05) is 5.71 Å². The lowest BCUT2D eigenvalue weighted by Gasteiger charge is -2.05. The molecule has 0 aromatic carbocycles. The van der Waals surface area contributed by atoms with Crippen molar-refractivity contribution in [3.05, 3.63) is 24.7 Å². The molecule has 0 aromatic rings. The normalized spacial score (nSPS) is 16.0. The molecular weight excluding hydrogens is 153 g/mol. The van der Waals surface area contributed by atoms with E-state index >= 15 is 0 Å². The van der Waals surface area contributed by atoms with Crippen LogP contribution in [0.1, 0.15) is 27.2 Å². The summed E-state index contributed by atoms with van der Waals surface area (Å²) in [7, 11) is 0. The fraction of sp³-hybridized carbons (Fsp3) is 0.500. The van der Waals surface area contributed by atoms with Crippen LogP contribution < -0.4 is 0 Å². The van der Waals surface area contributed by atoms with Crippen molar-refractivity contribution in [2.45, 2.75) is 27.2 Å². The Kier molecular flexibility index (Phi) is 5.26. The highest BCUT2D eigenvalue weighted by Gasteiger charge is 2.00. The van der Waals surface area contributed by atoms with Crippen LogP contribution in [0.2, 0.25) is 0 Å². The van der Waals surface area contributed by atoms with Gasteiger partial charge in [-0.25, -0.2) is 4.39 Å². The molecule has 0 spiro atoms. The van der Waals surface area contributed by atoms with Gasteiger partial charge in [0.05, 0.1) is 6.20 Å². The van der Waals surface area contributed by atoms with Crippen molar-refractivity contribution in [1.29, 1.82) is 0 Å². The third-order valence-corrected chi connectivity index (χ3v) is 1.91. The highest BCUT2D eigenvalue weighted by Crippen LogP contribution is 2.05. The molecule has 1 atom stereocenters. The molecule has 0 heterocycles. The molecule has 0 bridgehead atoms. The van der Waals surface area contributed by atoms with Gasteiger partial charge in [-0.2, -0.15) is 0 Å². The Balaban J connectivity index is 4.26. The molecule has 0 aliphatic heterocycles. The van der Waals surface area contributed by atoms with E-state index in [1.807, 2.05) is 6.92 Å². The first-order valence-electron chi connectivity index (χ1n) is 4.14. The topological polar surface area (TPSA) is 12.4 Å². The second-order valence-corrected chi connectivity index (χ2v) is 2.80. The van der Waals surface area contributed by atoms with Gasteiger partial charge in [-0.15, -0.1) is 0 Å².